The van der Waals surface area contributed by atoms with Crippen LogP contribution >= 0.6 is 0 Å². The van der Waals surface area contributed by atoms with Gasteiger partial charge < -0.3 is 38.5 Å². The maximum absolute atomic E-state index is 12.4. The quantitative estimate of drug-likeness (QED) is 0.264. The van der Waals surface area contributed by atoms with E-state index in [2.05, 4.69) is 50.7 Å². The second-order valence-electron chi connectivity index (χ2n) is 8.43. The van der Waals surface area contributed by atoms with E-state index < -0.39 is 0 Å². The Morgan fingerprint density at radius 2 is 1.63 bits per heavy atom. The molecule has 0 aromatic heterocycles. The lowest BCUT2D eigenvalue weighted by atomic mass is 10.1. The molecule has 0 bridgehead atoms. The number of aryl methyl sites for hydroxylation is 1. The predicted molar refractivity (Wildman–Crippen MR) is 119 cm³/mol. The zero-order valence-electron chi connectivity index (χ0n) is 18.0. The van der Waals surface area contributed by atoms with Crippen LogP contribution in [0.15, 0.2) is 66.7 Å². The average Bonchev–Trinajstić information content (AvgIpc) is 2.70. The second kappa shape index (κ2) is 11.3. The number of rotatable bonds is 9. The van der Waals surface area contributed by atoms with Crippen molar-refractivity contribution in [3.8, 4) is 5.75 Å². The molecule has 5 heteroatoms. The average molecular weight is 518 g/mol. The summed E-state index contributed by atoms with van der Waals surface area (Å²) in [6.07, 6.45) is 2.00. The fourth-order valence-corrected chi connectivity index (χ4v) is 3.17. The van der Waals surface area contributed by atoms with Gasteiger partial charge in [0.2, 0.25) is 0 Å². The molecular weight excluding hydrogens is 487 g/mol. The third kappa shape index (κ3) is 7.61. The third-order valence-electron chi connectivity index (χ3n) is 4.86. The molecule has 3 rings (SSSR count). The molecule has 0 spiro atoms. The number of carbonyl (C=O) groups is 1. The van der Waals surface area contributed by atoms with Gasteiger partial charge in [-0.05, 0) is 53.4 Å². The van der Waals surface area contributed by atoms with Gasteiger partial charge >= 0.3 is 0 Å². The van der Waals surface area contributed by atoms with Gasteiger partial charge in [-0.1, -0.05) is 42.5 Å². The number of likely N-dealkylation sites (N-methyl/N-ethyl adjacent to an activating group) is 1. The van der Waals surface area contributed by atoms with Crippen LogP contribution in [0.1, 0.15) is 22.3 Å². The van der Waals surface area contributed by atoms with Crippen LogP contribution in [0, 0.1) is 0 Å². The predicted octanol–water partition coefficient (Wildman–Crippen LogP) is 1.29. The minimum atomic E-state index is -0.0263. The van der Waals surface area contributed by atoms with Gasteiger partial charge in [0.15, 0.2) is 0 Å². The maximum Gasteiger partial charge on any atom is 0.251 e. The molecule has 0 heterocycles. The summed E-state index contributed by atoms with van der Waals surface area (Å²) in [5, 5.41) is 5.12. The summed E-state index contributed by atoms with van der Waals surface area (Å²) in [6.45, 7) is 2.24. The fourth-order valence-electron chi connectivity index (χ4n) is 3.17. The Balaban J connectivity index is 0.00000320. The van der Waals surface area contributed by atoms with Crippen LogP contribution in [0.5, 0.6) is 5.75 Å². The van der Waals surface area contributed by atoms with Crippen LogP contribution in [0.4, 0.5) is 0 Å². The molecule has 4 nitrogen and oxygen atoms in total. The van der Waals surface area contributed by atoms with Gasteiger partial charge in [-0.15, -0.1) is 0 Å². The van der Waals surface area contributed by atoms with Gasteiger partial charge in [0.05, 0.1) is 40.8 Å². The lowest BCUT2D eigenvalue weighted by Crippen LogP contribution is -3.00. The van der Waals surface area contributed by atoms with Gasteiger partial charge in [-0.25, -0.2) is 0 Å². The van der Waals surface area contributed by atoms with Crippen LogP contribution in [0.2, 0.25) is 0 Å². The zero-order chi connectivity index (χ0) is 20.7. The van der Waals surface area contributed by atoms with Gasteiger partial charge in [0.25, 0.3) is 5.91 Å². The van der Waals surface area contributed by atoms with Crippen LogP contribution in [0.25, 0.3) is 10.8 Å². The highest BCUT2D eigenvalue weighted by molar-refractivity contribution is 5.98. The summed E-state index contributed by atoms with van der Waals surface area (Å²) in [7, 11) is 6.34. The Hall–Kier alpha value is -2.12. The Morgan fingerprint density at radius 3 is 2.37 bits per heavy atom. The van der Waals surface area contributed by atoms with Crippen molar-refractivity contribution in [3.05, 3.63) is 77.9 Å². The number of quaternary nitrogens is 1. The number of benzene rings is 3. The van der Waals surface area contributed by atoms with Crippen molar-refractivity contribution in [1.29, 1.82) is 0 Å². The SMILES string of the molecule is C[N+](C)(C)CCNC(=O)c1ccc2cc(OCCCc3ccccc3)ccc2c1.[I-]. The van der Waals surface area contributed by atoms with E-state index in [4.69, 9.17) is 4.74 Å². The van der Waals surface area contributed by atoms with E-state index in [0.29, 0.717) is 18.7 Å². The van der Waals surface area contributed by atoms with Gasteiger partial charge in [0.1, 0.15) is 5.75 Å². The Kier molecular flexibility index (Phi) is 9.11. The molecule has 0 saturated heterocycles. The van der Waals surface area contributed by atoms with E-state index >= 15 is 0 Å². The molecule has 1 N–H and O–H groups in total. The van der Waals surface area contributed by atoms with E-state index in [0.717, 1.165) is 40.4 Å². The van der Waals surface area contributed by atoms with Crippen LogP contribution in [-0.4, -0.2) is 51.2 Å². The van der Waals surface area contributed by atoms with E-state index in [1.54, 1.807) is 0 Å². The fraction of sp³-hybridized carbons (Fsp3) is 0.320. The first kappa shape index (κ1) is 24.2. The lowest BCUT2D eigenvalue weighted by Gasteiger charge is -2.23. The Morgan fingerprint density at radius 1 is 0.933 bits per heavy atom. The topological polar surface area (TPSA) is 38.3 Å². The number of ether oxygens (including phenoxy) is 1. The molecule has 0 saturated carbocycles. The summed E-state index contributed by atoms with van der Waals surface area (Å²) < 4.78 is 6.74. The standard InChI is InChI=1S/C25H30N2O2.HI/c1-27(2,3)16-15-26-25(28)23-12-11-22-19-24(14-13-21(22)18-23)29-17-7-10-20-8-5-4-6-9-20;/h4-6,8-9,11-14,18-19H,7,10,15-17H2,1-3H3;1H. The minimum Gasteiger partial charge on any atom is -1.00 e. The van der Waals surface area contributed by atoms with E-state index in [1.807, 2.05) is 42.5 Å². The zero-order valence-corrected chi connectivity index (χ0v) is 20.2. The number of amides is 1. The number of nitrogens with zero attached hydrogens (tertiary/aromatic N) is 1. The van der Waals surface area contributed by atoms with E-state index in [1.165, 1.54) is 5.56 Å². The van der Waals surface area contributed by atoms with E-state index in [9.17, 15) is 4.79 Å². The van der Waals surface area contributed by atoms with Gasteiger partial charge in [0, 0.05) is 5.56 Å². The van der Waals surface area contributed by atoms with Gasteiger partial charge in [-0.3, -0.25) is 4.79 Å². The van der Waals surface area contributed by atoms with Crippen molar-refractivity contribution in [1.82, 2.24) is 5.32 Å². The van der Waals surface area contributed by atoms with Crippen molar-refractivity contribution in [2.24, 2.45) is 0 Å². The number of nitrogens with one attached hydrogen (secondary N) is 1. The highest BCUT2D eigenvalue weighted by Crippen LogP contribution is 2.22. The Bertz CT molecular complexity index is 952. The molecule has 3 aromatic carbocycles. The first-order valence-electron chi connectivity index (χ1n) is 10.2. The smallest absolute Gasteiger partial charge is 0.251 e. The molecule has 0 aliphatic heterocycles. The van der Waals surface area contributed by atoms with Crippen LogP contribution < -0.4 is 34.0 Å². The molecule has 0 aliphatic carbocycles. The number of halogens is 1. The Labute approximate surface area is 196 Å². The number of hydrogen-bond donors (Lipinski definition) is 1. The van der Waals surface area contributed by atoms with Crippen LogP contribution in [-0.2, 0) is 6.42 Å². The van der Waals surface area contributed by atoms with Crippen LogP contribution in [0.3, 0.4) is 0 Å². The molecule has 0 aliphatic rings. The highest BCUT2D eigenvalue weighted by atomic mass is 127. The first-order chi connectivity index (χ1) is 13.9. The second-order valence-corrected chi connectivity index (χ2v) is 8.43. The minimum absolute atomic E-state index is 0. The number of hydrogen-bond acceptors (Lipinski definition) is 2. The molecule has 3 aromatic rings. The first-order valence-corrected chi connectivity index (χ1v) is 10.2. The normalized spacial score (nSPS) is 11.0. The van der Waals surface area contributed by atoms with Crippen molar-refractivity contribution in [2.45, 2.75) is 12.8 Å². The molecule has 0 atom stereocenters. The van der Waals surface area contributed by atoms with Crippen molar-refractivity contribution in [2.75, 3.05) is 40.8 Å². The molecule has 0 fully saturated rings. The largest absolute Gasteiger partial charge is 1.00 e. The summed E-state index contributed by atoms with van der Waals surface area (Å²) in [5.41, 5.74) is 2.03. The molecule has 160 valence electrons. The number of carbonyl (C=O) groups excluding carboxylic acids is 1. The summed E-state index contributed by atoms with van der Waals surface area (Å²) >= 11 is 0. The monoisotopic (exact) mass is 518 g/mol. The van der Waals surface area contributed by atoms with Crippen molar-refractivity contribution >= 4 is 16.7 Å². The molecule has 1 amide bonds. The summed E-state index contributed by atoms with van der Waals surface area (Å²) in [6, 6.07) is 22.3. The highest BCUT2D eigenvalue weighted by Gasteiger charge is 2.10. The third-order valence-corrected chi connectivity index (χ3v) is 4.86. The van der Waals surface area contributed by atoms with Crippen molar-refractivity contribution < 1.29 is 38.0 Å². The van der Waals surface area contributed by atoms with Crippen molar-refractivity contribution in [3.63, 3.8) is 0 Å². The maximum atomic E-state index is 12.4. The summed E-state index contributed by atoms with van der Waals surface area (Å²) in [5.74, 6) is 0.840. The molecule has 0 unspecified atom stereocenters. The van der Waals surface area contributed by atoms with E-state index in [-0.39, 0.29) is 29.9 Å². The summed E-state index contributed by atoms with van der Waals surface area (Å²) in [4.78, 5) is 12.4. The lowest BCUT2D eigenvalue weighted by molar-refractivity contribution is -0.869. The van der Waals surface area contributed by atoms with Gasteiger partial charge in [-0.2, -0.15) is 0 Å². The molecule has 0 radical (unpaired) electrons. The molecule has 30 heavy (non-hydrogen) atoms. The molecular formula is C25H31IN2O2. The number of fused-ring (bicyclic) bond motifs is 1.